The van der Waals surface area contributed by atoms with Gasteiger partial charge < -0.3 is 5.32 Å². The largest absolute Gasteiger partial charge is 0.380 e. The fourth-order valence-corrected chi connectivity index (χ4v) is 2.40. The lowest BCUT2D eigenvalue weighted by Crippen LogP contribution is -2.01. The van der Waals surface area contributed by atoms with Gasteiger partial charge in [-0.3, -0.25) is 0 Å². The third kappa shape index (κ3) is 2.64. The molecule has 2 aromatic rings. The minimum absolute atomic E-state index is 0.562. The molecule has 0 aliphatic carbocycles. The Hall–Kier alpha value is -1.28. The zero-order chi connectivity index (χ0) is 11.4. The third-order valence-electron chi connectivity index (χ3n) is 2.62. The third-order valence-corrected chi connectivity index (χ3v) is 3.49. The lowest BCUT2D eigenvalue weighted by molar-refractivity contribution is 0.866. The molecular weight excluding hydrogens is 214 g/mol. The molecule has 0 spiro atoms. The molecule has 2 heteroatoms. The second-order valence-electron chi connectivity index (χ2n) is 4.17. The van der Waals surface area contributed by atoms with E-state index in [-0.39, 0.29) is 0 Å². The highest BCUT2D eigenvalue weighted by atomic mass is 32.1. The van der Waals surface area contributed by atoms with Gasteiger partial charge in [0.05, 0.1) is 0 Å². The van der Waals surface area contributed by atoms with Crippen molar-refractivity contribution in [1.29, 1.82) is 0 Å². The van der Waals surface area contributed by atoms with Gasteiger partial charge in [0, 0.05) is 17.1 Å². The molecule has 0 unspecified atom stereocenters. The number of hydrogen-bond acceptors (Lipinski definition) is 2. The lowest BCUT2D eigenvalue weighted by atomic mass is 10.0. The van der Waals surface area contributed by atoms with E-state index in [1.165, 1.54) is 16.1 Å². The second-order valence-corrected chi connectivity index (χ2v) is 5.21. The monoisotopic (exact) mass is 231 g/mol. The van der Waals surface area contributed by atoms with Gasteiger partial charge in [0.1, 0.15) is 0 Å². The van der Waals surface area contributed by atoms with Crippen molar-refractivity contribution < 1.29 is 0 Å². The molecular formula is C14H17NS. The molecule has 1 aromatic heterocycles. The maximum atomic E-state index is 3.51. The van der Waals surface area contributed by atoms with E-state index < -0.39 is 0 Å². The average molecular weight is 231 g/mol. The maximum absolute atomic E-state index is 3.51. The summed E-state index contributed by atoms with van der Waals surface area (Å²) in [4.78, 5) is 1.37. The van der Waals surface area contributed by atoms with Crippen molar-refractivity contribution in [1.82, 2.24) is 0 Å². The minimum Gasteiger partial charge on any atom is -0.380 e. The van der Waals surface area contributed by atoms with Crippen molar-refractivity contribution in [3.8, 4) is 0 Å². The summed E-state index contributed by atoms with van der Waals surface area (Å²) in [6.07, 6.45) is 0. The summed E-state index contributed by atoms with van der Waals surface area (Å²) in [5.41, 5.74) is 2.64. The first kappa shape index (κ1) is 11.2. The number of thiophene rings is 1. The van der Waals surface area contributed by atoms with Gasteiger partial charge in [0.25, 0.3) is 0 Å². The van der Waals surface area contributed by atoms with Crippen molar-refractivity contribution >= 4 is 17.0 Å². The molecule has 0 fully saturated rings. The van der Waals surface area contributed by atoms with Crippen LogP contribution in [-0.4, -0.2) is 0 Å². The lowest BCUT2D eigenvalue weighted by Gasteiger charge is -2.13. The number of rotatable bonds is 4. The molecule has 1 aromatic carbocycles. The average Bonchev–Trinajstić information content (AvgIpc) is 2.79. The van der Waals surface area contributed by atoms with E-state index >= 15 is 0 Å². The summed E-state index contributed by atoms with van der Waals surface area (Å²) in [5.74, 6) is 0.562. The Morgan fingerprint density at radius 3 is 2.62 bits per heavy atom. The van der Waals surface area contributed by atoms with E-state index in [1.54, 1.807) is 11.3 Å². The Labute approximate surface area is 101 Å². The van der Waals surface area contributed by atoms with Crippen LogP contribution in [0, 0.1) is 0 Å². The first-order valence-corrected chi connectivity index (χ1v) is 6.50. The molecule has 0 radical (unpaired) electrons. The predicted octanol–water partition coefficient (Wildman–Crippen LogP) is 4.48. The maximum Gasteiger partial charge on any atom is 0.0494 e. The van der Waals surface area contributed by atoms with Crippen LogP contribution in [0.2, 0.25) is 0 Å². The molecule has 0 saturated carbocycles. The van der Waals surface area contributed by atoms with Crippen molar-refractivity contribution in [3.63, 3.8) is 0 Å². The molecule has 2 rings (SSSR count). The number of anilines is 1. The first-order valence-electron chi connectivity index (χ1n) is 5.62. The number of para-hydroxylation sites is 1. The molecule has 84 valence electrons. The van der Waals surface area contributed by atoms with Gasteiger partial charge in [-0.1, -0.05) is 38.1 Å². The summed E-state index contributed by atoms with van der Waals surface area (Å²) < 4.78 is 0. The van der Waals surface area contributed by atoms with E-state index in [2.05, 4.69) is 60.9 Å². The van der Waals surface area contributed by atoms with Crippen LogP contribution in [0.4, 0.5) is 5.69 Å². The van der Waals surface area contributed by atoms with Gasteiger partial charge in [-0.05, 0) is 29.0 Å². The highest BCUT2D eigenvalue weighted by Gasteiger charge is 2.05. The van der Waals surface area contributed by atoms with E-state index in [1.807, 2.05) is 0 Å². The molecule has 0 atom stereocenters. The Balaban J connectivity index is 2.09. The zero-order valence-corrected chi connectivity index (χ0v) is 10.6. The van der Waals surface area contributed by atoms with Gasteiger partial charge in [-0.15, -0.1) is 11.3 Å². The number of hydrogen-bond donors (Lipinski definition) is 1. The molecule has 1 nitrogen and oxygen atoms in total. The van der Waals surface area contributed by atoms with Gasteiger partial charge in [0.15, 0.2) is 0 Å². The molecule has 0 aliphatic rings. The van der Waals surface area contributed by atoms with Crippen LogP contribution in [0.5, 0.6) is 0 Å². The molecule has 0 saturated heterocycles. The van der Waals surface area contributed by atoms with Crippen molar-refractivity contribution in [2.45, 2.75) is 26.3 Å². The summed E-state index contributed by atoms with van der Waals surface area (Å²) in [7, 11) is 0. The van der Waals surface area contributed by atoms with Gasteiger partial charge in [0.2, 0.25) is 0 Å². The molecule has 0 amide bonds. The second kappa shape index (κ2) is 5.17. The van der Waals surface area contributed by atoms with Crippen LogP contribution in [-0.2, 0) is 6.54 Å². The predicted molar refractivity (Wildman–Crippen MR) is 72.2 cm³/mol. The van der Waals surface area contributed by atoms with Crippen LogP contribution in [0.15, 0.2) is 41.8 Å². The number of benzene rings is 1. The number of nitrogens with one attached hydrogen (secondary N) is 1. The van der Waals surface area contributed by atoms with Gasteiger partial charge in [-0.2, -0.15) is 0 Å². The first-order chi connectivity index (χ1) is 7.77. The standard InChI is InChI=1S/C14H17NS/c1-11(2)13-7-3-4-8-14(13)15-10-12-6-5-9-16-12/h3-9,11,15H,10H2,1-2H3. The van der Waals surface area contributed by atoms with E-state index in [0.29, 0.717) is 5.92 Å². The fraction of sp³-hybridized carbons (Fsp3) is 0.286. The van der Waals surface area contributed by atoms with Crippen LogP contribution in [0.25, 0.3) is 0 Å². The molecule has 16 heavy (non-hydrogen) atoms. The minimum atomic E-state index is 0.562. The quantitative estimate of drug-likeness (QED) is 0.818. The van der Waals surface area contributed by atoms with Crippen LogP contribution in [0.3, 0.4) is 0 Å². The Kier molecular flexibility index (Phi) is 3.62. The van der Waals surface area contributed by atoms with Crippen LogP contribution < -0.4 is 5.32 Å². The fourth-order valence-electron chi connectivity index (χ4n) is 1.76. The summed E-state index contributed by atoms with van der Waals surface area (Å²) in [6, 6.07) is 12.8. The Morgan fingerprint density at radius 2 is 1.94 bits per heavy atom. The summed E-state index contributed by atoms with van der Waals surface area (Å²) in [5, 5.41) is 5.62. The van der Waals surface area contributed by atoms with Crippen LogP contribution in [0.1, 0.15) is 30.2 Å². The Bertz CT molecular complexity index is 432. The van der Waals surface area contributed by atoms with Crippen molar-refractivity contribution in [2.75, 3.05) is 5.32 Å². The molecule has 1 N–H and O–H groups in total. The summed E-state index contributed by atoms with van der Waals surface area (Å²) >= 11 is 1.79. The van der Waals surface area contributed by atoms with E-state index in [9.17, 15) is 0 Å². The van der Waals surface area contributed by atoms with Crippen molar-refractivity contribution in [2.24, 2.45) is 0 Å². The van der Waals surface area contributed by atoms with E-state index in [0.717, 1.165) is 6.54 Å². The van der Waals surface area contributed by atoms with Gasteiger partial charge in [-0.25, -0.2) is 0 Å². The molecule has 0 aliphatic heterocycles. The molecule has 0 bridgehead atoms. The SMILES string of the molecule is CC(C)c1ccccc1NCc1cccs1. The normalized spacial score (nSPS) is 10.7. The summed E-state index contributed by atoms with van der Waals surface area (Å²) in [6.45, 7) is 5.37. The highest BCUT2D eigenvalue weighted by Crippen LogP contribution is 2.24. The highest BCUT2D eigenvalue weighted by molar-refractivity contribution is 7.09. The van der Waals surface area contributed by atoms with Crippen molar-refractivity contribution in [3.05, 3.63) is 52.2 Å². The smallest absolute Gasteiger partial charge is 0.0494 e. The molecule has 1 heterocycles. The topological polar surface area (TPSA) is 12.0 Å². The Morgan fingerprint density at radius 1 is 1.12 bits per heavy atom. The van der Waals surface area contributed by atoms with Gasteiger partial charge >= 0.3 is 0 Å². The van der Waals surface area contributed by atoms with E-state index in [4.69, 9.17) is 0 Å². The zero-order valence-electron chi connectivity index (χ0n) is 9.73. The van der Waals surface area contributed by atoms with Crippen LogP contribution >= 0.6 is 11.3 Å².